The lowest BCUT2D eigenvalue weighted by molar-refractivity contribution is -0.383. The molecule has 9 nitrogen and oxygen atoms in total. The van der Waals surface area contributed by atoms with E-state index in [1.807, 2.05) is 24.3 Å². The molecule has 0 saturated carbocycles. The van der Waals surface area contributed by atoms with E-state index in [4.69, 9.17) is 21.1 Å². The van der Waals surface area contributed by atoms with Gasteiger partial charge in [-0.05, 0) is 35.4 Å². The Morgan fingerprint density at radius 1 is 0.966 bits per heavy atom. The molecule has 2 aromatic carbocycles. The van der Waals surface area contributed by atoms with Crippen molar-refractivity contribution < 1.29 is 14.4 Å². The molecule has 4 rings (SSSR count). The number of nitro groups is 1. The fourth-order valence-electron chi connectivity index (χ4n) is 2.84. The zero-order valence-electron chi connectivity index (χ0n) is 15.1. The van der Waals surface area contributed by atoms with Gasteiger partial charge in [-0.25, -0.2) is 9.97 Å². The van der Waals surface area contributed by atoms with Crippen molar-refractivity contribution in [2.45, 2.75) is 13.1 Å². The fraction of sp³-hybridized carbons (Fsp3) is 0.158. The molecule has 29 heavy (non-hydrogen) atoms. The SMILES string of the molecule is O=[N+]([O-])c1c(NCc2ccc(Cl)cc2)ncnc1NCc1ccc2c(c1)OCO2. The Hall–Kier alpha value is -3.59. The lowest BCUT2D eigenvalue weighted by Gasteiger charge is -2.10. The van der Waals surface area contributed by atoms with Crippen LogP contribution in [0.3, 0.4) is 0 Å². The van der Waals surface area contributed by atoms with Gasteiger partial charge in [-0.3, -0.25) is 10.1 Å². The molecule has 0 aliphatic carbocycles. The molecule has 0 fully saturated rings. The summed E-state index contributed by atoms with van der Waals surface area (Å²) in [5.74, 6) is 1.58. The largest absolute Gasteiger partial charge is 0.454 e. The van der Waals surface area contributed by atoms with E-state index in [2.05, 4.69) is 20.6 Å². The highest BCUT2D eigenvalue weighted by molar-refractivity contribution is 6.30. The monoisotopic (exact) mass is 413 g/mol. The molecular weight excluding hydrogens is 398 g/mol. The highest BCUT2D eigenvalue weighted by atomic mass is 35.5. The van der Waals surface area contributed by atoms with Crippen LogP contribution in [0.1, 0.15) is 11.1 Å². The van der Waals surface area contributed by atoms with Crippen molar-refractivity contribution >= 4 is 28.9 Å². The normalized spacial score (nSPS) is 11.9. The topological polar surface area (TPSA) is 111 Å². The lowest BCUT2D eigenvalue weighted by Crippen LogP contribution is -2.10. The molecule has 148 valence electrons. The van der Waals surface area contributed by atoms with E-state index in [-0.39, 0.29) is 24.1 Å². The van der Waals surface area contributed by atoms with Crippen LogP contribution in [-0.4, -0.2) is 21.7 Å². The molecule has 10 heteroatoms. The fourth-order valence-corrected chi connectivity index (χ4v) is 2.96. The summed E-state index contributed by atoms with van der Waals surface area (Å²) in [5, 5.41) is 18.3. The molecule has 0 spiro atoms. The molecule has 0 amide bonds. The summed E-state index contributed by atoms with van der Waals surface area (Å²) in [5.41, 5.74) is 1.57. The predicted molar refractivity (Wildman–Crippen MR) is 107 cm³/mol. The average molecular weight is 414 g/mol. The molecule has 1 aliphatic heterocycles. The van der Waals surface area contributed by atoms with Crippen molar-refractivity contribution in [3.05, 3.63) is 75.1 Å². The average Bonchev–Trinajstić information content (AvgIpc) is 3.19. The highest BCUT2D eigenvalue weighted by Crippen LogP contribution is 2.33. The van der Waals surface area contributed by atoms with Crippen LogP contribution in [0.2, 0.25) is 5.02 Å². The van der Waals surface area contributed by atoms with Crippen LogP contribution in [0.15, 0.2) is 48.8 Å². The zero-order chi connectivity index (χ0) is 20.2. The first-order valence-corrected chi connectivity index (χ1v) is 9.08. The summed E-state index contributed by atoms with van der Waals surface area (Å²) < 4.78 is 10.6. The molecule has 2 N–H and O–H groups in total. The smallest absolute Gasteiger partial charge is 0.353 e. The van der Waals surface area contributed by atoms with Crippen molar-refractivity contribution in [1.29, 1.82) is 0 Å². The molecule has 0 saturated heterocycles. The summed E-state index contributed by atoms with van der Waals surface area (Å²) in [6.45, 7) is 0.869. The third kappa shape index (κ3) is 4.30. The van der Waals surface area contributed by atoms with Gasteiger partial charge in [0.1, 0.15) is 6.33 Å². The number of benzene rings is 2. The van der Waals surface area contributed by atoms with Gasteiger partial charge in [0.05, 0.1) is 4.92 Å². The molecular formula is C19H16ClN5O4. The Bertz CT molecular complexity index is 1050. The molecule has 2 heterocycles. The number of aromatic nitrogens is 2. The minimum Gasteiger partial charge on any atom is -0.454 e. The summed E-state index contributed by atoms with van der Waals surface area (Å²) in [7, 11) is 0. The number of hydrogen-bond donors (Lipinski definition) is 2. The summed E-state index contributed by atoms with van der Waals surface area (Å²) in [4.78, 5) is 19.2. The standard InChI is InChI=1S/C19H16ClN5O4/c20-14-4-1-12(2-5-14)8-21-18-17(25(26)27)19(24-10-23-18)22-9-13-3-6-15-16(7-13)29-11-28-15/h1-7,10H,8-9,11H2,(H2,21,22,23,24). The molecule has 0 atom stereocenters. The van der Waals surface area contributed by atoms with Gasteiger partial charge in [0.2, 0.25) is 18.4 Å². The summed E-state index contributed by atoms with van der Waals surface area (Å²) in [6.07, 6.45) is 1.28. The quantitative estimate of drug-likeness (QED) is 0.441. The van der Waals surface area contributed by atoms with Gasteiger partial charge >= 0.3 is 5.69 Å². The first kappa shape index (κ1) is 18.8. The van der Waals surface area contributed by atoms with Crippen molar-refractivity contribution in [1.82, 2.24) is 9.97 Å². The first-order chi connectivity index (χ1) is 14.1. The van der Waals surface area contributed by atoms with Crippen LogP contribution in [0.5, 0.6) is 11.5 Å². The van der Waals surface area contributed by atoms with E-state index in [9.17, 15) is 10.1 Å². The minimum atomic E-state index is -0.508. The molecule has 0 radical (unpaired) electrons. The number of rotatable bonds is 7. The predicted octanol–water partition coefficient (Wildman–Crippen LogP) is 3.99. The van der Waals surface area contributed by atoms with Crippen LogP contribution in [-0.2, 0) is 13.1 Å². The van der Waals surface area contributed by atoms with Crippen LogP contribution in [0, 0.1) is 10.1 Å². The van der Waals surface area contributed by atoms with Gasteiger partial charge in [0.15, 0.2) is 11.5 Å². The number of nitrogens with zero attached hydrogens (tertiary/aromatic N) is 3. The third-order valence-electron chi connectivity index (χ3n) is 4.28. The van der Waals surface area contributed by atoms with Crippen molar-refractivity contribution in [3.63, 3.8) is 0 Å². The Morgan fingerprint density at radius 3 is 2.28 bits per heavy atom. The molecule has 1 aromatic heterocycles. The van der Waals surface area contributed by atoms with E-state index in [1.165, 1.54) is 6.33 Å². The Kier molecular flexibility index (Phi) is 5.30. The van der Waals surface area contributed by atoms with Crippen molar-refractivity contribution in [2.24, 2.45) is 0 Å². The number of hydrogen-bond acceptors (Lipinski definition) is 8. The van der Waals surface area contributed by atoms with Crippen molar-refractivity contribution in [3.8, 4) is 11.5 Å². The maximum absolute atomic E-state index is 11.7. The summed E-state index contributed by atoms with van der Waals surface area (Å²) in [6, 6.07) is 12.7. The molecule has 0 bridgehead atoms. The Balaban J connectivity index is 1.50. The number of fused-ring (bicyclic) bond motifs is 1. The maximum atomic E-state index is 11.7. The highest BCUT2D eigenvalue weighted by Gasteiger charge is 2.23. The van der Waals surface area contributed by atoms with Crippen molar-refractivity contribution in [2.75, 3.05) is 17.4 Å². The van der Waals surface area contributed by atoms with E-state index in [0.29, 0.717) is 29.6 Å². The number of ether oxygens (including phenoxy) is 2. The van der Waals surface area contributed by atoms with Crippen LogP contribution in [0.4, 0.5) is 17.3 Å². The second kappa shape index (κ2) is 8.19. The number of halogens is 1. The van der Waals surface area contributed by atoms with Crippen LogP contribution in [0.25, 0.3) is 0 Å². The van der Waals surface area contributed by atoms with Gasteiger partial charge < -0.3 is 20.1 Å². The van der Waals surface area contributed by atoms with E-state index >= 15 is 0 Å². The van der Waals surface area contributed by atoms with E-state index in [1.54, 1.807) is 18.2 Å². The van der Waals surface area contributed by atoms with E-state index < -0.39 is 4.92 Å². The van der Waals surface area contributed by atoms with Gasteiger partial charge in [-0.1, -0.05) is 29.8 Å². The second-order valence-electron chi connectivity index (χ2n) is 6.20. The third-order valence-corrected chi connectivity index (χ3v) is 4.53. The Labute approximate surface area is 170 Å². The Morgan fingerprint density at radius 2 is 1.59 bits per heavy atom. The summed E-state index contributed by atoms with van der Waals surface area (Å²) >= 11 is 5.88. The lowest BCUT2D eigenvalue weighted by atomic mass is 10.2. The van der Waals surface area contributed by atoms with Gasteiger partial charge in [-0.15, -0.1) is 0 Å². The van der Waals surface area contributed by atoms with Gasteiger partial charge in [0, 0.05) is 18.1 Å². The number of anilines is 2. The second-order valence-corrected chi connectivity index (χ2v) is 6.63. The van der Waals surface area contributed by atoms with E-state index in [0.717, 1.165) is 11.1 Å². The first-order valence-electron chi connectivity index (χ1n) is 8.70. The maximum Gasteiger partial charge on any atom is 0.353 e. The van der Waals surface area contributed by atoms with Crippen LogP contribution < -0.4 is 20.1 Å². The molecule has 0 unspecified atom stereocenters. The molecule has 3 aromatic rings. The van der Waals surface area contributed by atoms with Gasteiger partial charge in [-0.2, -0.15) is 0 Å². The van der Waals surface area contributed by atoms with Gasteiger partial charge in [0.25, 0.3) is 0 Å². The molecule has 1 aliphatic rings. The zero-order valence-corrected chi connectivity index (χ0v) is 15.8. The minimum absolute atomic E-state index is 0.126. The van der Waals surface area contributed by atoms with Crippen LogP contribution >= 0.6 is 11.6 Å². The number of nitrogens with one attached hydrogen (secondary N) is 2.